The number of nitrogens with one attached hydrogen (secondary N) is 1. The van der Waals surface area contributed by atoms with Gasteiger partial charge in [0.25, 0.3) is 0 Å². The lowest BCUT2D eigenvalue weighted by Crippen LogP contribution is -2.47. The third-order valence-electron chi connectivity index (χ3n) is 5.71. The molecule has 3 heterocycles. The summed E-state index contributed by atoms with van der Waals surface area (Å²) in [6.45, 7) is 0.898. The molecule has 2 aromatic carbocycles. The largest absolute Gasteiger partial charge is 0.457 e. The highest BCUT2D eigenvalue weighted by Crippen LogP contribution is 2.31. The summed E-state index contributed by atoms with van der Waals surface area (Å²) in [6, 6.07) is 20.5. The maximum Gasteiger partial charge on any atom is 0.242 e. The van der Waals surface area contributed by atoms with Gasteiger partial charge in [-0.15, -0.1) is 11.3 Å². The fourth-order valence-corrected chi connectivity index (χ4v) is 6.14. The van der Waals surface area contributed by atoms with Crippen LogP contribution in [-0.2, 0) is 21.2 Å². The van der Waals surface area contributed by atoms with Crippen molar-refractivity contribution in [3.8, 4) is 10.8 Å². The van der Waals surface area contributed by atoms with E-state index in [1.165, 1.54) is 0 Å². The number of nitrogens with zero attached hydrogens (tertiary/aromatic N) is 2. The van der Waals surface area contributed by atoms with Crippen LogP contribution in [0, 0.1) is 0 Å². The monoisotopic (exact) mass is 481 g/mol. The van der Waals surface area contributed by atoms with Crippen LogP contribution in [0.2, 0.25) is 0 Å². The van der Waals surface area contributed by atoms with Crippen molar-refractivity contribution in [1.82, 2.24) is 15.2 Å². The van der Waals surface area contributed by atoms with Gasteiger partial charge in [0, 0.05) is 13.1 Å². The van der Waals surface area contributed by atoms with Crippen LogP contribution in [-0.4, -0.2) is 48.8 Å². The quantitative estimate of drug-likeness (QED) is 0.452. The molecule has 1 fully saturated rings. The Morgan fingerprint density at radius 2 is 1.76 bits per heavy atom. The minimum Gasteiger partial charge on any atom is -0.457 e. The van der Waals surface area contributed by atoms with Crippen molar-refractivity contribution in [2.24, 2.45) is 0 Å². The van der Waals surface area contributed by atoms with E-state index in [-0.39, 0.29) is 24.0 Å². The lowest BCUT2D eigenvalue weighted by molar-refractivity contribution is -0.126. The first-order valence-electron chi connectivity index (χ1n) is 10.7. The van der Waals surface area contributed by atoms with Gasteiger partial charge < -0.3 is 9.73 Å². The molecule has 1 atom stereocenters. The van der Waals surface area contributed by atoms with Crippen LogP contribution in [0.15, 0.2) is 71.1 Å². The van der Waals surface area contributed by atoms with Gasteiger partial charge in [0.1, 0.15) is 11.8 Å². The highest BCUT2D eigenvalue weighted by atomic mass is 32.2. The summed E-state index contributed by atoms with van der Waals surface area (Å²) in [5.41, 5.74) is 1.77. The van der Waals surface area contributed by atoms with Crippen LogP contribution in [0.3, 0.4) is 0 Å². The molecule has 1 amide bonds. The molecule has 0 aliphatic carbocycles. The maximum atomic E-state index is 13.2. The normalized spacial score (nSPS) is 17.1. The van der Waals surface area contributed by atoms with E-state index in [1.807, 2.05) is 71.6 Å². The zero-order valence-electron chi connectivity index (χ0n) is 17.8. The molecule has 5 rings (SSSR count). The molecular formula is C24H23N3O4S2. The number of hydrogen-bond acceptors (Lipinski definition) is 7. The first kappa shape index (κ1) is 21.8. The third kappa shape index (κ3) is 4.85. The number of hydrogen-bond donors (Lipinski definition) is 1. The average Bonchev–Trinajstić information content (AvgIpc) is 3.46. The summed E-state index contributed by atoms with van der Waals surface area (Å²) in [6.07, 6.45) is 0. The van der Waals surface area contributed by atoms with Crippen molar-refractivity contribution in [2.45, 2.75) is 12.6 Å². The Bertz CT molecular complexity index is 1330. The number of thiazole rings is 1. The summed E-state index contributed by atoms with van der Waals surface area (Å²) in [4.78, 5) is 19.8. The van der Waals surface area contributed by atoms with Crippen LogP contribution >= 0.6 is 11.3 Å². The second kappa shape index (κ2) is 9.09. The van der Waals surface area contributed by atoms with Crippen LogP contribution in [0.25, 0.3) is 21.0 Å². The summed E-state index contributed by atoms with van der Waals surface area (Å²) in [7, 11) is -3.04. The molecule has 170 valence electrons. The predicted octanol–water partition coefficient (Wildman–Crippen LogP) is 3.64. The molecule has 7 nitrogen and oxygen atoms in total. The van der Waals surface area contributed by atoms with E-state index < -0.39 is 15.9 Å². The van der Waals surface area contributed by atoms with E-state index in [2.05, 4.69) is 10.3 Å². The van der Waals surface area contributed by atoms with E-state index in [9.17, 15) is 13.2 Å². The highest BCUT2D eigenvalue weighted by Gasteiger charge is 2.32. The van der Waals surface area contributed by atoms with E-state index >= 15 is 0 Å². The van der Waals surface area contributed by atoms with Crippen LogP contribution < -0.4 is 5.32 Å². The van der Waals surface area contributed by atoms with Crippen molar-refractivity contribution >= 4 is 37.3 Å². The lowest BCUT2D eigenvalue weighted by Gasteiger charge is -2.33. The number of furan rings is 1. The minimum absolute atomic E-state index is 0.0628. The Morgan fingerprint density at radius 1 is 1.03 bits per heavy atom. The molecule has 9 heteroatoms. The van der Waals surface area contributed by atoms with E-state index in [4.69, 9.17) is 4.42 Å². The number of carbonyl (C=O) groups excluding carboxylic acids is 1. The fourth-order valence-electron chi connectivity index (χ4n) is 3.98. The van der Waals surface area contributed by atoms with Gasteiger partial charge in [0.05, 0.1) is 28.3 Å². The van der Waals surface area contributed by atoms with Crippen molar-refractivity contribution < 1.29 is 17.6 Å². The molecule has 0 bridgehead atoms. The molecular weight excluding hydrogens is 458 g/mol. The Balaban J connectivity index is 1.30. The highest BCUT2D eigenvalue weighted by molar-refractivity contribution is 7.91. The molecule has 0 radical (unpaired) electrons. The van der Waals surface area contributed by atoms with Crippen molar-refractivity contribution in [2.75, 3.05) is 24.6 Å². The molecule has 1 aliphatic heterocycles. The topological polar surface area (TPSA) is 92.5 Å². The summed E-state index contributed by atoms with van der Waals surface area (Å²) in [5.74, 6) is 1.24. The van der Waals surface area contributed by atoms with Gasteiger partial charge in [-0.3, -0.25) is 9.69 Å². The van der Waals surface area contributed by atoms with Crippen molar-refractivity contribution in [3.05, 3.63) is 78.1 Å². The Labute approximate surface area is 196 Å². The number of benzene rings is 2. The molecule has 2 aromatic heterocycles. The summed E-state index contributed by atoms with van der Waals surface area (Å²) >= 11 is 1.56. The predicted molar refractivity (Wildman–Crippen MR) is 129 cm³/mol. The fraction of sp³-hybridized carbons (Fsp3) is 0.250. The van der Waals surface area contributed by atoms with Crippen LogP contribution in [0.1, 0.15) is 17.4 Å². The number of fused-ring (bicyclic) bond motifs is 1. The van der Waals surface area contributed by atoms with Gasteiger partial charge >= 0.3 is 0 Å². The zero-order valence-corrected chi connectivity index (χ0v) is 19.4. The van der Waals surface area contributed by atoms with Crippen LogP contribution in [0.4, 0.5) is 0 Å². The molecule has 0 saturated carbocycles. The Kier molecular flexibility index (Phi) is 6.01. The molecule has 1 saturated heterocycles. The SMILES string of the molecule is O=C(NCc1ccc(-c2nc3ccccc3s2)o1)C(c1ccccc1)N1CCS(=O)(=O)CC1. The standard InChI is InChI=1S/C24H23N3O4S2/c28-23(22(17-6-2-1-3-7-17)27-12-14-33(29,30)15-13-27)25-16-18-10-11-20(31-18)24-26-19-8-4-5-9-21(19)32-24/h1-11,22H,12-16H2,(H,25,28). The molecule has 4 aromatic rings. The average molecular weight is 482 g/mol. The lowest BCUT2D eigenvalue weighted by atomic mass is 10.0. The van der Waals surface area contributed by atoms with Crippen LogP contribution in [0.5, 0.6) is 0 Å². The number of sulfone groups is 1. The van der Waals surface area contributed by atoms with E-state index in [1.54, 1.807) is 11.3 Å². The zero-order chi connectivity index (χ0) is 22.8. The smallest absolute Gasteiger partial charge is 0.242 e. The second-order valence-corrected chi connectivity index (χ2v) is 11.3. The van der Waals surface area contributed by atoms with Gasteiger partial charge in [-0.05, 0) is 29.8 Å². The molecule has 0 spiro atoms. The molecule has 33 heavy (non-hydrogen) atoms. The number of para-hydroxylation sites is 1. The Hall–Kier alpha value is -3.01. The van der Waals surface area contributed by atoms with Gasteiger partial charge in [-0.25, -0.2) is 13.4 Å². The van der Waals surface area contributed by atoms with E-state index in [0.717, 1.165) is 20.8 Å². The Morgan fingerprint density at radius 3 is 2.52 bits per heavy atom. The van der Waals surface area contributed by atoms with Crippen molar-refractivity contribution in [3.63, 3.8) is 0 Å². The number of carbonyl (C=O) groups is 1. The molecule has 1 aliphatic rings. The van der Waals surface area contributed by atoms with E-state index in [0.29, 0.717) is 24.6 Å². The second-order valence-electron chi connectivity index (χ2n) is 7.97. The van der Waals surface area contributed by atoms with Gasteiger partial charge in [-0.2, -0.15) is 0 Å². The minimum atomic E-state index is -3.04. The number of aromatic nitrogens is 1. The van der Waals surface area contributed by atoms with Crippen molar-refractivity contribution in [1.29, 1.82) is 0 Å². The summed E-state index contributed by atoms with van der Waals surface area (Å²) < 4.78 is 30.8. The first-order valence-corrected chi connectivity index (χ1v) is 13.3. The van der Waals surface area contributed by atoms with Gasteiger partial charge in [0.2, 0.25) is 5.91 Å². The molecule has 1 N–H and O–H groups in total. The number of rotatable bonds is 6. The summed E-state index contributed by atoms with van der Waals surface area (Å²) in [5, 5.41) is 3.76. The maximum absolute atomic E-state index is 13.2. The third-order valence-corrected chi connectivity index (χ3v) is 8.37. The first-order chi connectivity index (χ1) is 16.0. The van der Waals surface area contributed by atoms with Gasteiger partial charge in [-0.1, -0.05) is 42.5 Å². The van der Waals surface area contributed by atoms with Gasteiger partial charge in [0.15, 0.2) is 20.6 Å². The number of amides is 1. The molecule has 1 unspecified atom stereocenters.